The van der Waals surface area contributed by atoms with Crippen LogP contribution >= 0.6 is 12.4 Å². The molecule has 1 aromatic heterocycles. The SMILES string of the molecule is CC(C)C1c2cnn(C(C)C)c2C(=O)CC12CCNCC2.Cl. The molecule has 22 heavy (non-hydrogen) atoms. The second-order valence-electron chi connectivity index (χ2n) is 7.42. The van der Waals surface area contributed by atoms with Crippen molar-refractivity contribution in [3.05, 3.63) is 17.5 Å². The number of carbonyl (C=O) groups excluding carboxylic acids is 1. The molecule has 3 rings (SSSR count). The van der Waals surface area contributed by atoms with E-state index in [-0.39, 0.29) is 23.9 Å². The van der Waals surface area contributed by atoms with Crippen LogP contribution in [0.3, 0.4) is 0 Å². The zero-order valence-electron chi connectivity index (χ0n) is 14.1. The number of nitrogens with one attached hydrogen (secondary N) is 1. The van der Waals surface area contributed by atoms with Crippen molar-refractivity contribution < 1.29 is 4.79 Å². The van der Waals surface area contributed by atoms with Crippen LogP contribution in [0, 0.1) is 11.3 Å². The Hall–Kier alpha value is -0.870. The fourth-order valence-corrected chi connectivity index (χ4v) is 4.61. The zero-order valence-corrected chi connectivity index (χ0v) is 14.9. The van der Waals surface area contributed by atoms with Gasteiger partial charge in [-0.3, -0.25) is 9.48 Å². The highest BCUT2D eigenvalue weighted by Gasteiger charge is 2.49. The normalized spacial score (nSPS) is 23.7. The molecular formula is C17H28ClN3O. The number of carbonyl (C=O) groups is 1. The van der Waals surface area contributed by atoms with Gasteiger partial charge in [0.1, 0.15) is 5.69 Å². The molecule has 0 bridgehead atoms. The summed E-state index contributed by atoms with van der Waals surface area (Å²) < 4.78 is 1.93. The average molecular weight is 326 g/mol. The molecule has 1 spiro atoms. The van der Waals surface area contributed by atoms with Crippen LogP contribution < -0.4 is 5.32 Å². The van der Waals surface area contributed by atoms with Gasteiger partial charge in [0.05, 0.1) is 6.20 Å². The van der Waals surface area contributed by atoms with E-state index < -0.39 is 0 Å². The fourth-order valence-electron chi connectivity index (χ4n) is 4.61. The number of piperidine rings is 1. The number of ketones is 1. The van der Waals surface area contributed by atoms with Gasteiger partial charge in [-0.25, -0.2) is 0 Å². The number of rotatable bonds is 2. The van der Waals surface area contributed by atoms with E-state index in [1.807, 2.05) is 10.9 Å². The van der Waals surface area contributed by atoms with Crippen LogP contribution in [0.1, 0.15) is 75.0 Å². The van der Waals surface area contributed by atoms with Gasteiger partial charge < -0.3 is 5.32 Å². The molecule has 4 nitrogen and oxygen atoms in total. The lowest BCUT2D eigenvalue weighted by Crippen LogP contribution is -2.46. The molecule has 1 N–H and O–H groups in total. The number of Topliss-reactive ketones (excluding diaryl/α,β-unsaturated/α-hetero) is 1. The maximum absolute atomic E-state index is 12.8. The molecule has 0 aromatic carbocycles. The number of fused-ring (bicyclic) bond motifs is 1. The van der Waals surface area contributed by atoms with Crippen LogP contribution in [0.5, 0.6) is 0 Å². The minimum atomic E-state index is 0. The highest BCUT2D eigenvalue weighted by Crippen LogP contribution is 2.54. The van der Waals surface area contributed by atoms with E-state index in [0.29, 0.717) is 24.0 Å². The van der Waals surface area contributed by atoms with E-state index in [0.717, 1.165) is 31.6 Å². The maximum Gasteiger partial charge on any atom is 0.181 e. The van der Waals surface area contributed by atoms with Crippen LogP contribution in [0.4, 0.5) is 0 Å². The summed E-state index contributed by atoms with van der Waals surface area (Å²) in [4.78, 5) is 12.8. The average Bonchev–Trinajstić information content (AvgIpc) is 2.84. The van der Waals surface area contributed by atoms with E-state index in [4.69, 9.17) is 0 Å². The number of halogens is 1. The highest BCUT2D eigenvalue weighted by atomic mass is 35.5. The van der Waals surface area contributed by atoms with E-state index in [2.05, 4.69) is 38.1 Å². The first-order chi connectivity index (χ1) is 9.96. The summed E-state index contributed by atoms with van der Waals surface area (Å²) in [5.74, 6) is 1.30. The Labute approximate surface area is 139 Å². The molecule has 0 amide bonds. The van der Waals surface area contributed by atoms with Crippen molar-refractivity contribution in [2.75, 3.05) is 13.1 Å². The fraction of sp³-hybridized carbons (Fsp3) is 0.765. The lowest BCUT2D eigenvalue weighted by atomic mass is 9.57. The molecule has 1 atom stereocenters. The smallest absolute Gasteiger partial charge is 0.181 e. The molecule has 1 unspecified atom stereocenters. The summed E-state index contributed by atoms with van der Waals surface area (Å²) in [5.41, 5.74) is 2.23. The summed E-state index contributed by atoms with van der Waals surface area (Å²) in [6, 6.07) is 0.243. The molecule has 1 aliphatic heterocycles. The van der Waals surface area contributed by atoms with Gasteiger partial charge in [0.15, 0.2) is 5.78 Å². The number of hydrogen-bond donors (Lipinski definition) is 1. The first-order valence-corrected chi connectivity index (χ1v) is 8.27. The van der Waals surface area contributed by atoms with Gasteiger partial charge in [-0.1, -0.05) is 13.8 Å². The Balaban J connectivity index is 0.00000176. The third-order valence-corrected chi connectivity index (χ3v) is 5.35. The predicted molar refractivity (Wildman–Crippen MR) is 90.9 cm³/mol. The third kappa shape index (κ3) is 2.61. The molecule has 0 saturated carbocycles. The van der Waals surface area contributed by atoms with Gasteiger partial charge in [0.2, 0.25) is 0 Å². The van der Waals surface area contributed by atoms with Gasteiger partial charge in [0, 0.05) is 18.0 Å². The van der Waals surface area contributed by atoms with Crippen LogP contribution in [-0.4, -0.2) is 28.7 Å². The summed E-state index contributed by atoms with van der Waals surface area (Å²) in [5, 5.41) is 7.98. The minimum absolute atomic E-state index is 0. The molecule has 2 heterocycles. The molecule has 1 aliphatic carbocycles. The van der Waals surface area contributed by atoms with Gasteiger partial charge in [-0.2, -0.15) is 5.10 Å². The molecule has 2 aliphatic rings. The molecule has 5 heteroatoms. The number of hydrogen-bond acceptors (Lipinski definition) is 3. The van der Waals surface area contributed by atoms with Gasteiger partial charge in [0.25, 0.3) is 0 Å². The van der Waals surface area contributed by atoms with Crippen molar-refractivity contribution in [3.8, 4) is 0 Å². The highest BCUT2D eigenvalue weighted by molar-refractivity contribution is 5.98. The zero-order chi connectivity index (χ0) is 15.2. The molecule has 124 valence electrons. The maximum atomic E-state index is 12.8. The van der Waals surface area contributed by atoms with Crippen LogP contribution in [0.2, 0.25) is 0 Å². The third-order valence-electron chi connectivity index (χ3n) is 5.35. The van der Waals surface area contributed by atoms with Crippen LogP contribution in [0.15, 0.2) is 6.20 Å². The van der Waals surface area contributed by atoms with Gasteiger partial charge in [-0.05, 0) is 57.0 Å². The molecule has 1 saturated heterocycles. The molecular weight excluding hydrogens is 298 g/mol. The van der Waals surface area contributed by atoms with Crippen molar-refractivity contribution in [2.24, 2.45) is 11.3 Å². The second kappa shape index (κ2) is 6.32. The molecule has 0 radical (unpaired) electrons. The van der Waals surface area contributed by atoms with Gasteiger partial charge in [-0.15, -0.1) is 12.4 Å². The summed E-state index contributed by atoms with van der Waals surface area (Å²) in [7, 11) is 0. The lowest BCUT2D eigenvalue weighted by molar-refractivity contribution is 0.0671. The van der Waals surface area contributed by atoms with E-state index >= 15 is 0 Å². The van der Waals surface area contributed by atoms with E-state index in [1.54, 1.807) is 0 Å². The first kappa shape index (κ1) is 17.5. The number of aromatic nitrogens is 2. The largest absolute Gasteiger partial charge is 0.317 e. The Morgan fingerprint density at radius 1 is 1.27 bits per heavy atom. The van der Waals surface area contributed by atoms with Crippen molar-refractivity contribution >= 4 is 18.2 Å². The van der Waals surface area contributed by atoms with Crippen molar-refractivity contribution in [2.45, 2.75) is 58.9 Å². The molecule has 1 fully saturated rings. The second-order valence-corrected chi connectivity index (χ2v) is 7.42. The summed E-state index contributed by atoms with van der Waals surface area (Å²) in [6.07, 6.45) is 4.88. The van der Waals surface area contributed by atoms with Crippen LogP contribution in [-0.2, 0) is 0 Å². The number of nitrogens with zero attached hydrogens (tertiary/aromatic N) is 2. The monoisotopic (exact) mass is 325 g/mol. The Morgan fingerprint density at radius 3 is 2.45 bits per heavy atom. The topological polar surface area (TPSA) is 46.9 Å². The predicted octanol–water partition coefficient (Wildman–Crippen LogP) is 3.58. The standard InChI is InChI=1S/C17H27N3O.ClH/c1-11(2)15-13-10-19-20(12(3)4)16(13)14(21)9-17(15)5-7-18-8-6-17;/h10-12,15,18H,5-9H2,1-4H3;1H. The van der Waals surface area contributed by atoms with Crippen molar-refractivity contribution in [1.82, 2.24) is 15.1 Å². The molecule has 1 aromatic rings. The van der Waals surface area contributed by atoms with Gasteiger partial charge >= 0.3 is 0 Å². The van der Waals surface area contributed by atoms with E-state index in [9.17, 15) is 4.79 Å². The quantitative estimate of drug-likeness (QED) is 0.904. The summed E-state index contributed by atoms with van der Waals surface area (Å²) >= 11 is 0. The van der Waals surface area contributed by atoms with E-state index in [1.165, 1.54) is 5.56 Å². The Morgan fingerprint density at radius 2 is 1.91 bits per heavy atom. The van der Waals surface area contributed by atoms with Crippen molar-refractivity contribution in [1.29, 1.82) is 0 Å². The summed E-state index contributed by atoms with van der Waals surface area (Å²) in [6.45, 7) is 10.8. The minimum Gasteiger partial charge on any atom is -0.317 e. The van der Waals surface area contributed by atoms with Crippen LogP contribution in [0.25, 0.3) is 0 Å². The Bertz CT molecular complexity index is 544. The van der Waals surface area contributed by atoms with Crippen molar-refractivity contribution in [3.63, 3.8) is 0 Å². The first-order valence-electron chi connectivity index (χ1n) is 8.27. The Kier molecular flexibility index (Phi) is 5.03. The lowest BCUT2D eigenvalue weighted by Gasteiger charge is -2.48.